The fourth-order valence-electron chi connectivity index (χ4n) is 1.74. The number of likely N-dealkylation sites (N-methyl/N-ethyl adjacent to an activating group) is 2. The number of carbonyl (C=O) groups is 2. The molecule has 7 heteroatoms. The Balaban J connectivity index is 3.01. The van der Waals surface area contributed by atoms with Gasteiger partial charge >= 0.3 is 0 Å². The molecule has 0 saturated heterocycles. The van der Waals surface area contributed by atoms with Crippen molar-refractivity contribution in [3.63, 3.8) is 0 Å². The maximum atomic E-state index is 12.4. The van der Waals surface area contributed by atoms with Gasteiger partial charge in [-0.3, -0.25) is 9.59 Å². The molecule has 1 aromatic rings. The number of hydrogen-bond acceptors (Lipinski definition) is 4. The number of benzene rings is 1. The second kappa shape index (κ2) is 7.13. The van der Waals surface area contributed by atoms with Gasteiger partial charge in [-0.1, -0.05) is 35.5 Å². The SMILES string of the molecule is CNC(=O)CN(C)C(=O)C(C(N)=NO)c1ccccc1. The monoisotopic (exact) mass is 278 g/mol. The lowest BCUT2D eigenvalue weighted by atomic mass is 9.96. The van der Waals surface area contributed by atoms with Crippen LogP contribution in [-0.2, 0) is 9.59 Å². The predicted octanol–water partition coefficient (Wildman–Crippen LogP) is -0.279. The Kier molecular flexibility index (Phi) is 5.52. The van der Waals surface area contributed by atoms with Crippen LogP contribution >= 0.6 is 0 Å². The Bertz CT molecular complexity index is 502. The average molecular weight is 278 g/mol. The quantitative estimate of drug-likeness (QED) is 0.298. The molecule has 1 aromatic carbocycles. The van der Waals surface area contributed by atoms with Gasteiger partial charge in [-0.2, -0.15) is 0 Å². The molecule has 7 nitrogen and oxygen atoms in total. The lowest BCUT2D eigenvalue weighted by molar-refractivity contribution is -0.134. The fraction of sp³-hybridized carbons (Fsp3) is 0.308. The number of amides is 2. The van der Waals surface area contributed by atoms with E-state index in [1.807, 2.05) is 0 Å². The molecule has 0 saturated carbocycles. The highest BCUT2D eigenvalue weighted by molar-refractivity contribution is 6.07. The molecular weight excluding hydrogens is 260 g/mol. The number of oxime groups is 1. The number of carbonyl (C=O) groups excluding carboxylic acids is 2. The van der Waals surface area contributed by atoms with Crippen LogP contribution in [0.3, 0.4) is 0 Å². The molecule has 0 radical (unpaired) electrons. The van der Waals surface area contributed by atoms with E-state index in [-0.39, 0.29) is 18.3 Å². The first kappa shape index (κ1) is 15.5. The van der Waals surface area contributed by atoms with Crippen LogP contribution < -0.4 is 11.1 Å². The summed E-state index contributed by atoms with van der Waals surface area (Å²) in [6, 6.07) is 8.70. The summed E-state index contributed by atoms with van der Waals surface area (Å²) < 4.78 is 0. The molecule has 0 heterocycles. The Morgan fingerprint density at radius 2 is 2.00 bits per heavy atom. The molecule has 108 valence electrons. The minimum absolute atomic E-state index is 0.0998. The lowest BCUT2D eigenvalue weighted by Crippen LogP contribution is -2.42. The molecule has 0 aliphatic heterocycles. The summed E-state index contributed by atoms with van der Waals surface area (Å²) in [6.07, 6.45) is 0. The van der Waals surface area contributed by atoms with Gasteiger partial charge < -0.3 is 21.2 Å². The highest BCUT2D eigenvalue weighted by atomic mass is 16.4. The molecule has 4 N–H and O–H groups in total. The second-order valence-corrected chi connectivity index (χ2v) is 4.24. The van der Waals surface area contributed by atoms with Crippen molar-refractivity contribution in [1.29, 1.82) is 0 Å². The van der Waals surface area contributed by atoms with Crippen LogP contribution in [0.2, 0.25) is 0 Å². The van der Waals surface area contributed by atoms with Gasteiger partial charge in [0, 0.05) is 14.1 Å². The summed E-state index contributed by atoms with van der Waals surface area (Å²) in [5, 5.41) is 14.2. The van der Waals surface area contributed by atoms with E-state index in [0.717, 1.165) is 0 Å². The largest absolute Gasteiger partial charge is 0.409 e. The topological polar surface area (TPSA) is 108 Å². The first-order valence-electron chi connectivity index (χ1n) is 5.99. The zero-order valence-electron chi connectivity index (χ0n) is 11.4. The molecule has 0 aliphatic carbocycles. The van der Waals surface area contributed by atoms with Gasteiger partial charge in [0.25, 0.3) is 0 Å². The summed E-state index contributed by atoms with van der Waals surface area (Å²) in [4.78, 5) is 24.9. The van der Waals surface area contributed by atoms with Gasteiger partial charge in [0.2, 0.25) is 11.8 Å². The maximum absolute atomic E-state index is 12.4. The molecule has 20 heavy (non-hydrogen) atoms. The number of hydrogen-bond donors (Lipinski definition) is 3. The van der Waals surface area contributed by atoms with Gasteiger partial charge in [0.05, 0.1) is 6.54 Å². The van der Waals surface area contributed by atoms with Gasteiger partial charge in [-0.25, -0.2) is 0 Å². The molecule has 0 spiro atoms. The minimum atomic E-state index is -0.921. The van der Waals surface area contributed by atoms with Crippen molar-refractivity contribution in [2.45, 2.75) is 5.92 Å². The summed E-state index contributed by atoms with van der Waals surface area (Å²) in [7, 11) is 2.97. The number of amidine groups is 1. The zero-order valence-corrected chi connectivity index (χ0v) is 11.4. The van der Waals surface area contributed by atoms with Gasteiger partial charge in [0.1, 0.15) is 5.92 Å². The van der Waals surface area contributed by atoms with Crippen molar-refractivity contribution in [3.05, 3.63) is 35.9 Å². The van der Waals surface area contributed by atoms with Crippen LogP contribution in [0.1, 0.15) is 11.5 Å². The fourth-order valence-corrected chi connectivity index (χ4v) is 1.74. The Labute approximate surface area is 117 Å². The summed E-state index contributed by atoms with van der Waals surface area (Å²) in [5.74, 6) is -1.86. The summed E-state index contributed by atoms with van der Waals surface area (Å²) in [6.45, 7) is -0.0998. The van der Waals surface area contributed by atoms with Crippen molar-refractivity contribution in [2.75, 3.05) is 20.6 Å². The number of nitrogens with one attached hydrogen (secondary N) is 1. The molecule has 0 aliphatic rings. The molecule has 0 bridgehead atoms. The first-order chi connectivity index (χ1) is 9.51. The van der Waals surface area contributed by atoms with Crippen LogP contribution in [-0.4, -0.2) is 48.4 Å². The van der Waals surface area contributed by atoms with Crippen LogP contribution in [0.15, 0.2) is 35.5 Å². The van der Waals surface area contributed by atoms with Crippen molar-refractivity contribution < 1.29 is 14.8 Å². The smallest absolute Gasteiger partial charge is 0.239 e. The number of nitrogens with zero attached hydrogens (tertiary/aromatic N) is 2. The average Bonchev–Trinajstić information content (AvgIpc) is 2.47. The molecular formula is C13H18N4O3. The van der Waals surface area contributed by atoms with Crippen LogP contribution in [0, 0.1) is 0 Å². The van der Waals surface area contributed by atoms with E-state index in [1.165, 1.54) is 19.0 Å². The van der Waals surface area contributed by atoms with Crippen LogP contribution in [0.25, 0.3) is 0 Å². The third-order valence-corrected chi connectivity index (χ3v) is 2.83. The van der Waals surface area contributed by atoms with Crippen LogP contribution in [0.4, 0.5) is 0 Å². The van der Waals surface area contributed by atoms with E-state index in [1.54, 1.807) is 30.3 Å². The molecule has 1 atom stereocenters. The molecule has 0 fully saturated rings. The van der Waals surface area contributed by atoms with E-state index < -0.39 is 11.8 Å². The van der Waals surface area contributed by atoms with Gasteiger partial charge in [-0.15, -0.1) is 0 Å². The van der Waals surface area contributed by atoms with Crippen molar-refractivity contribution in [1.82, 2.24) is 10.2 Å². The number of rotatable bonds is 5. The van der Waals surface area contributed by atoms with Crippen molar-refractivity contribution >= 4 is 17.6 Å². The van der Waals surface area contributed by atoms with Gasteiger partial charge in [-0.05, 0) is 5.56 Å². The summed E-state index contributed by atoms with van der Waals surface area (Å²) >= 11 is 0. The first-order valence-corrected chi connectivity index (χ1v) is 5.99. The zero-order chi connectivity index (χ0) is 15.1. The molecule has 1 rings (SSSR count). The van der Waals surface area contributed by atoms with E-state index in [4.69, 9.17) is 10.9 Å². The minimum Gasteiger partial charge on any atom is -0.409 e. The van der Waals surface area contributed by atoms with E-state index >= 15 is 0 Å². The van der Waals surface area contributed by atoms with E-state index in [0.29, 0.717) is 5.56 Å². The predicted molar refractivity (Wildman–Crippen MR) is 74.3 cm³/mol. The van der Waals surface area contributed by atoms with Crippen molar-refractivity contribution in [2.24, 2.45) is 10.9 Å². The Hall–Kier alpha value is -2.57. The number of nitrogens with two attached hydrogens (primary N) is 1. The Morgan fingerprint density at radius 1 is 1.40 bits per heavy atom. The normalized spacial score (nSPS) is 12.6. The highest BCUT2D eigenvalue weighted by Crippen LogP contribution is 2.18. The van der Waals surface area contributed by atoms with E-state index in [2.05, 4.69) is 10.5 Å². The van der Waals surface area contributed by atoms with E-state index in [9.17, 15) is 9.59 Å². The highest BCUT2D eigenvalue weighted by Gasteiger charge is 2.28. The van der Waals surface area contributed by atoms with Crippen LogP contribution in [0.5, 0.6) is 0 Å². The van der Waals surface area contributed by atoms with Gasteiger partial charge in [0.15, 0.2) is 5.84 Å². The second-order valence-electron chi connectivity index (χ2n) is 4.24. The molecule has 1 unspecified atom stereocenters. The molecule has 0 aromatic heterocycles. The van der Waals surface area contributed by atoms with Crippen molar-refractivity contribution in [3.8, 4) is 0 Å². The lowest BCUT2D eigenvalue weighted by Gasteiger charge is -2.22. The third kappa shape index (κ3) is 3.71. The Morgan fingerprint density at radius 3 is 2.50 bits per heavy atom. The third-order valence-electron chi connectivity index (χ3n) is 2.83. The molecule has 2 amide bonds. The maximum Gasteiger partial charge on any atom is 0.239 e. The summed E-state index contributed by atoms with van der Waals surface area (Å²) in [5.41, 5.74) is 6.20. The standard InChI is InChI=1S/C13H18N4O3/c1-15-10(18)8-17(2)13(19)11(12(14)16-20)9-6-4-3-5-7-9/h3-7,11,20H,8H2,1-2H3,(H2,14,16)(H,15,18).